The van der Waals surface area contributed by atoms with Crippen LogP contribution < -0.4 is 0 Å². The summed E-state index contributed by atoms with van der Waals surface area (Å²) >= 11 is 0. The van der Waals surface area contributed by atoms with Gasteiger partial charge in [0.15, 0.2) is 0 Å². The number of imidazole rings is 2. The third-order valence-corrected chi connectivity index (χ3v) is 8.38. The van der Waals surface area contributed by atoms with Crippen LogP contribution in [0, 0.1) is 0 Å². The molecular formula is C32H21N3. The van der Waals surface area contributed by atoms with Gasteiger partial charge >= 0.3 is 0 Å². The third kappa shape index (κ3) is 1.92. The summed E-state index contributed by atoms with van der Waals surface area (Å²) < 4.78 is 4.82. The molecule has 0 spiro atoms. The molecule has 3 heterocycles. The molecule has 0 N–H and O–H groups in total. The average Bonchev–Trinajstić information content (AvgIpc) is 3.56. The quantitative estimate of drug-likeness (QED) is 0.231. The first kappa shape index (κ1) is 18.0. The lowest BCUT2D eigenvalue weighted by atomic mass is 9.81. The number of benzene rings is 5. The van der Waals surface area contributed by atoms with Gasteiger partial charge in [0.2, 0.25) is 5.78 Å². The van der Waals surface area contributed by atoms with Gasteiger partial charge in [0.1, 0.15) is 0 Å². The molecule has 0 amide bonds. The number of rotatable bonds is 0. The summed E-state index contributed by atoms with van der Waals surface area (Å²) in [6, 6.07) is 33.3. The van der Waals surface area contributed by atoms with Crippen LogP contribution >= 0.6 is 0 Å². The highest BCUT2D eigenvalue weighted by atomic mass is 15.2. The van der Waals surface area contributed by atoms with E-state index in [1.165, 1.54) is 65.9 Å². The van der Waals surface area contributed by atoms with E-state index in [-0.39, 0.29) is 5.41 Å². The smallest absolute Gasteiger partial charge is 0.220 e. The van der Waals surface area contributed by atoms with Crippen molar-refractivity contribution >= 4 is 54.9 Å². The van der Waals surface area contributed by atoms with Crippen LogP contribution in [0.1, 0.15) is 25.0 Å². The molecule has 0 aliphatic heterocycles. The Labute approximate surface area is 201 Å². The van der Waals surface area contributed by atoms with Gasteiger partial charge in [0.05, 0.1) is 27.6 Å². The summed E-state index contributed by atoms with van der Waals surface area (Å²) in [6.07, 6.45) is 0. The predicted octanol–water partition coefficient (Wildman–Crippen LogP) is 7.94. The molecule has 164 valence electrons. The lowest BCUT2D eigenvalue weighted by Crippen LogP contribution is -2.16. The zero-order valence-electron chi connectivity index (χ0n) is 19.5. The van der Waals surface area contributed by atoms with Crippen LogP contribution in [0.4, 0.5) is 0 Å². The van der Waals surface area contributed by atoms with Crippen molar-refractivity contribution in [1.82, 2.24) is 13.8 Å². The van der Waals surface area contributed by atoms with Gasteiger partial charge in [-0.3, -0.25) is 8.80 Å². The van der Waals surface area contributed by atoms with E-state index in [1.54, 1.807) is 0 Å². The number of hydrogen-bond donors (Lipinski definition) is 0. The van der Waals surface area contributed by atoms with Gasteiger partial charge in [-0.05, 0) is 63.4 Å². The molecule has 9 rings (SSSR count). The molecule has 1 aliphatic rings. The molecule has 3 heteroatoms. The molecule has 0 bridgehead atoms. The van der Waals surface area contributed by atoms with Crippen LogP contribution in [0.2, 0.25) is 0 Å². The Bertz CT molecular complexity index is 2190. The Morgan fingerprint density at radius 1 is 0.629 bits per heavy atom. The normalized spacial score (nSPS) is 14.8. The standard InChI is InChI=1S/C32H21N3/c1-32(2)24-12-6-5-11-20(24)22-17-23-21-15-18-9-3-4-10-19(18)16-27(21)35-29(23)30(28(22)32)34-26-14-8-7-13-25(26)33-31(34)35/h3-17H,1-2H3. The van der Waals surface area contributed by atoms with Crippen molar-refractivity contribution in [1.29, 1.82) is 0 Å². The third-order valence-electron chi connectivity index (χ3n) is 8.38. The van der Waals surface area contributed by atoms with E-state index in [4.69, 9.17) is 4.98 Å². The SMILES string of the molecule is CC1(C)c2ccccc2-c2cc3c4cc5ccccc5cc4n4c3c(c21)n1c2ccccc2nc14. The Kier molecular flexibility index (Phi) is 2.90. The summed E-state index contributed by atoms with van der Waals surface area (Å²) in [4.78, 5) is 5.18. The maximum Gasteiger partial charge on any atom is 0.220 e. The average molecular weight is 448 g/mol. The molecule has 0 radical (unpaired) electrons. The number of para-hydroxylation sites is 2. The van der Waals surface area contributed by atoms with Crippen molar-refractivity contribution in [2.24, 2.45) is 0 Å². The van der Waals surface area contributed by atoms with Crippen molar-refractivity contribution in [3.8, 4) is 11.1 Å². The van der Waals surface area contributed by atoms with Crippen molar-refractivity contribution in [2.75, 3.05) is 0 Å². The monoisotopic (exact) mass is 447 g/mol. The van der Waals surface area contributed by atoms with Crippen LogP contribution in [-0.4, -0.2) is 13.8 Å². The fourth-order valence-electron chi connectivity index (χ4n) is 6.89. The topological polar surface area (TPSA) is 21.7 Å². The van der Waals surface area contributed by atoms with Gasteiger partial charge in [0.25, 0.3) is 0 Å². The minimum absolute atomic E-state index is 0.103. The van der Waals surface area contributed by atoms with Crippen LogP contribution in [0.15, 0.2) is 91.0 Å². The van der Waals surface area contributed by atoms with E-state index in [1.807, 2.05) is 0 Å². The van der Waals surface area contributed by atoms with Gasteiger partial charge < -0.3 is 0 Å². The minimum atomic E-state index is -0.103. The molecule has 0 unspecified atom stereocenters. The Hall–Kier alpha value is -4.37. The molecule has 3 aromatic heterocycles. The fraction of sp³-hybridized carbons (Fsp3) is 0.0938. The summed E-state index contributed by atoms with van der Waals surface area (Å²) in [5.74, 6) is 0.997. The van der Waals surface area contributed by atoms with Crippen molar-refractivity contribution in [3.05, 3.63) is 102 Å². The molecule has 1 aliphatic carbocycles. The molecule has 8 aromatic rings. The molecule has 0 saturated carbocycles. The van der Waals surface area contributed by atoms with Crippen LogP contribution in [0.3, 0.4) is 0 Å². The lowest BCUT2D eigenvalue weighted by Gasteiger charge is -2.22. The highest BCUT2D eigenvalue weighted by Crippen LogP contribution is 2.54. The molecule has 0 saturated heterocycles. The molecule has 35 heavy (non-hydrogen) atoms. The van der Waals surface area contributed by atoms with E-state index in [0.717, 1.165) is 11.3 Å². The van der Waals surface area contributed by atoms with Gasteiger partial charge in [-0.15, -0.1) is 0 Å². The Morgan fingerprint density at radius 3 is 2.23 bits per heavy atom. The van der Waals surface area contributed by atoms with E-state index in [0.29, 0.717) is 0 Å². The second-order valence-electron chi connectivity index (χ2n) is 10.5. The second-order valence-corrected chi connectivity index (χ2v) is 10.5. The second kappa shape index (κ2) is 5.64. The van der Waals surface area contributed by atoms with Gasteiger partial charge in [-0.1, -0.05) is 74.5 Å². The van der Waals surface area contributed by atoms with Gasteiger partial charge in [-0.25, -0.2) is 4.98 Å². The van der Waals surface area contributed by atoms with Crippen molar-refractivity contribution in [2.45, 2.75) is 19.3 Å². The zero-order chi connectivity index (χ0) is 23.1. The van der Waals surface area contributed by atoms with Gasteiger partial charge in [-0.2, -0.15) is 0 Å². The zero-order valence-corrected chi connectivity index (χ0v) is 19.5. The number of nitrogens with zero attached hydrogens (tertiary/aromatic N) is 3. The van der Waals surface area contributed by atoms with E-state index < -0.39 is 0 Å². The van der Waals surface area contributed by atoms with Crippen LogP contribution in [0.5, 0.6) is 0 Å². The highest BCUT2D eigenvalue weighted by Gasteiger charge is 2.39. The Balaban J connectivity index is 1.65. The summed E-state index contributed by atoms with van der Waals surface area (Å²) in [5, 5.41) is 5.13. The summed E-state index contributed by atoms with van der Waals surface area (Å²) in [7, 11) is 0. The van der Waals surface area contributed by atoms with Gasteiger partial charge in [0, 0.05) is 16.2 Å². The maximum absolute atomic E-state index is 5.18. The number of hydrogen-bond acceptors (Lipinski definition) is 1. The largest absolute Gasteiger partial charge is 0.277 e. The fourth-order valence-corrected chi connectivity index (χ4v) is 6.89. The number of fused-ring (bicyclic) bond motifs is 13. The molecule has 3 nitrogen and oxygen atoms in total. The van der Waals surface area contributed by atoms with E-state index >= 15 is 0 Å². The van der Waals surface area contributed by atoms with E-state index in [2.05, 4.69) is 114 Å². The molecule has 0 fully saturated rings. The minimum Gasteiger partial charge on any atom is -0.277 e. The van der Waals surface area contributed by atoms with Crippen molar-refractivity contribution < 1.29 is 0 Å². The van der Waals surface area contributed by atoms with E-state index in [9.17, 15) is 0 Å². The first-order valence-electron chi connectivity index (χ1n) is 12.3. The number of aromatic nitrogens is 3. The summed E-state index contributed by atoms with van der Waals surface area (Å²) in [6.45, 7) is 4.75. The van der Waals surface area contributed by atoms with Crippen LogP contribution in [-0.2, 0) is 5.41 Å². The highest BCUT2D eigenvalue weighted by molar-refractivity contribution is 6.21. The first-order chi connectivity index (χ1) is 17.1. The maximum atomic E-state index is 5.18. The summed E-state index contributed by atoms with van der Waals surface area (Å²) in [5.41, 5.74) is 11.4. The molecule has 0 atom stereocenters. The first-order valence-corrected chi connectivity index (χ1v) is 12.3. The molecular weight excluding hydrogens is 426 g/mol. The van der Waals surface area contributed by atoms with Crippen molar-refractivity contribution in [3.63, 3.8) is 0 Å². The van der Waals surface area contributed by atoms with Crippen LogP contribution in [0.25, 0.3) is 66.0 Å². The Morgan fingerprint density at radius 2 is 1.34 bits per heavy atom. The lowest BCUT2D eigenvalue weighted by molar-refractivity contribution is 0.664. The molecule has 5 aromatic carbocycles. The predicted molar refractivity (Wildman–Crippen MR) is 145 cm³/mol.